The maximum absolute atomic E-state index is 13.7. The van der Waals surface area contributed by atoms with Gasteiger partial charge in [0, 0.05) is 17.7 Å². The van der Waals surface area contributed by atoms with Gasteiger partial charge in [0.25, 0.3) is 0 Å². The molecule has 0 spiro atoms. The largest absolute Gasteiger partial charge is 0.458 e. The third kappa shape index (κ3) is 6.91. The number of aliphatic hydroxyl groups excluding tert-OH is 2. The third-order valence-electron chi connectivity index (χ3n) is 8.67. The van der Waals surface area contributed by atoms with Crippen LogP contribution in [0.15, 0.2) is 11.0 Å². The van der Waals surface area contributed by atoms with Crippen molar-refractivity contribution < 1.29 is 34.0 Å². The molecule has 3 fully saturated rings. The molecule has 9 heteroatoms. The topological polar surface area (TPSA) is 122 Å². The summed E-state index contributed by atoms with van der Waals surface area (Å²) in [6.07, 6.45) is 2.19. The Labute approximate surface area is 229 Å². The van der Waals surface area contributed by atoms with Crippen LogP contribution in [0.3, 0.4) is 0 Å². The molecule has 1 aromatic heterocycles. The Morgan fingerprint density at radius 3 is 2.61 bits per heavy atom. The number of carbonyl (C=O) groups is 2. The summed E-state index contributed by atoms with van der Waals surface area (Å²) >= 11 is 1.56. The Hall–Kier alpha value is -1.65. The molecule has 3 unspecified atom stereocenters. The monoisotopic (exact) mass is 549 g/mol. The van der Waals surface area contributed by atoms with Gasteiger partial charge < -0.3 is 24.4 Å². The number of aryl methyl sites for hydroxylation is 1. The number of ketones is 1. The molecule has 0 amide bonds. The molecular weight excluding hydrogens is 506 g/mol. The van der Waals surface area contributed by atoms with Crippen molar-refractivity contribution in [2.24, 2.45) is 17.3 Å². The molecule has 0 saturated carbocycles. The molecule has 8 atom stereocenters. The van der Waals surface area contributed by atoms with Crippen LogP contribution in [-0.2, 0) is 23.8 Å². The second-order valence-electron chi connectivity index (χ2n) is 12.3. The first-order valence-corrected chi connectivity index (χ1v) is 14.7. The maximum Gasteiger partial charge on any atom is 0.309 e. The van der Waals surface area contributed by atoms with Gasteiger partial charge in [-0.25, -0.2) is 4.98 Å². The van der Waals surface area contributed by atoms with E-state index in [0.29, 0.717) is 19.4 Å². The first kappa shape index (κ1) is 29.3. The Balaban J connectivity index is 1.58. The van der Waals surface area contributed by atoms with Crippen molar-refractivity contribution in [3.05, 3.63) is 21.7 Å². The fourth-order valence-electron chi connectivity index (χ4n) is 5.60. The molecule has 4 rings (SSSR count). The molecular formula is C29H43NO7S. The quantitative estimate of drug-likeness (QED) is 0.422. The minimum Gasteiger partial charge on any atom is -0.458 e. The number of carbonyl (C=O) groups excluding carboxylic acids is 2. The maximum atomic E-state index is 13.7. The summed E-state index contributed by atoms with van der Waals surface area (Å²) in [7, 11) is 0. The highest BCUT2D eigenvalue weighted by molar-refractivity contribution is 7.09. The predicted molar refractivity (Wildman–Crippen MR) is 145 cm³/mol. The molecule has 0 bridgehead atoms. The number of fused-ring (bicyclic) bond motifs is 1. The average Bonchev–Trinajstić information content (AvgIpc) is 3.74. The number of aliphatic hydroxyl groups is 2. The summed E-state index contributed by atoms with van der Waals surface area (Å²) in [6, 6.07) is 0. The Morgan fingerprint density at radius 2 is 1.97 bits per heavy atom. The molecule has 0 aromatic carbocycles. The van der Waals surface area contributed by atoms with E-state index in [2.05, 4.69) is 11.9 Å². The minimum atomic E-state index is -1.26. The lowest BCUT2D eigenvalue weighted by Crippen LogP contribution is -2.47. The number of cyclic esters (lactones) is 1. The molecule has 212 valence electrons. The number of Topliss-reactive ketones (excluding diaryl/α,β-unsaturated/α-hetero) is 1. The number of hydrogen-bond acceptors (Lipinski definition) is 9. The van der Waals surface area contributed by atoms with Gasteiger partial charge in [-0.15, -0.1) is 11.3 Å². The molecule has 2 N–H and O–H groups in total. The van der Waals surface area contributed by atoms with Gasteiger partial charge in [-0.2, -0.15) is 0 Å². The molecule has 3 aliphatic rings. The van der Waals surface area contributed by atoms with Gasteiger partial charge in [0.15, 0.2) is 0 Å². The normalized spacial score (nSPS) is 38.8. The van der Waals surface area contributed by atoms with E-state index in [0.717, 1.165) is 35.5 Å². The number of thiazole rings is 1. The van der Waals surface area contributed by atoms with Crippen LogP contribution < -0.4 is 0 Å². The summed E-state index contributed by atoms with van der Waals surface area (Å²) in [6.45, 7) is 11.8. The van der Waals surface area contributed by atoms with Crippen molar-refractivity contribution in [2.45, 2.75) is 116 Å². The molecule has 38 heavy (non-hydrogen) atoms. The molecule has 0 radical (unpaired) electrons. The van der Waals surface area contributed by atoms with Gasteiger partial charge in [0.1, 0.15) is 11.9 Å². The molecule has 8 nitrogen and oxygen atoms in total. The number of epoxide rings is 2. The van der Waals surface area contributed by atoms with Gasteiger partial charge >= 0.3 is 5.97 Å². The van der Waals surface area contributed by atoms with Crippen LogP contribution in [0.4, 0.5) is 0 Å². The number of aromatic nitrogens is 1. The number of ether oxygens (including phenoxy) is 3. The molecule has 0 aliphatic carbocycles. The van der Waals surface area contributed by atoms with E-state index in [4.69, 9.17) is 14.2 Å². The summed E-state index contributed by atoms with van der Waals surface area (Å²) in [5.74, 6) is -1.60. The van der Waals surface area contributed by atoms with Crippen LogP contribution in [0.2, 0.25) is 0 Å². The zero-order valence-corrected chi connectivity index (χ0v) is 24.3. The van der Waals surface area contributed by atoms with Crippen molar-refractivity contribution in [3.8, 4) is 0 Å². The lowest BCUT2D eigenvalue weighted by atomic mass is 9.71. The SMILES string of the molecule is CC(=Cc1csc(C)n1)[C@@H]1CC2OC2(C)CCC[C@H](C)[C@@H](O)[C@@H](CC2CO2)C(=O)C(C)(C)[C@@H](O)CC(=O)O1. The van der Waals surface area contributed by atoms with E-state index in [1.807, 2.05) is 32.2 Å². The van der Waals surface area contributed by atoms with E-state index in [1.54, 1.807) is 25.2 Å². The van der Waals surface area contributed by atoms with Crippen LogP contribution in [0.5, 0.6) is 0 Å². The van der Waals surface area contributed by atoms with Crippen LogP contribution in [-0.4, -0.2) is 69.7 Å². The first-order valence-electron chi connectivity index (χ1n) is 13.8. The lowest BCUT2D eigenvalue weighted by molar-refractivity contribution is -0.155. The van der Waals surface area contributed by atoms with E-state index in [9.17, 15) is 19.8 Å². The second kappa shape index (κ2) is 11.5. The van der Waals surface area contributed by atoms with Crippen molar-refractivity contribution in [1.82, 2.24) is 4.98 Å². The smallest absolute Gasteiger partial charge is 0.309 e. The first-order chi connectivity index (χ1) is 17.8. The molecule has 3 aliphatic heterocycles. The zero-order chi connectivity index (χ0) is 27.8. The number of rotatable bonds is 4. The minimum absolute atomic E-state index is 0.0501. The second-order valence-corrected chi connectivity index (χ2v) is 13.3. The Bertz CT molecular complexity index is 1050. The van der Waals surface area contributed by atoms with Crippen molar-refractivity contribution in [3.63, 3.8) is 0 Å². The predicted octanol–water partition coefficient (Wildman–Crippen LogP) is 4.25. The fraction of sp³-hybridized carbons (Fsp3) is 0.759. The highest BCUT2D eigenvalue weighted by atomic mass is 32.1. The van der Waals surface area contributed by atoms with E-state index < -0.39 is 35.6 Å². The van der Waals surface area contributed by atoms with Crippen molar-refractivity contribution in [2.75, 3.05) is 6.61 Å². The average molecular weight is 550 g/mol. The van der Waals surface area contributed by atoms with E-state index in [-0.39, 0.29) is 35.9 Å². The zero-order valence-electron chi connectivity index (χ0n) is 23.4. The standard InChI is InChI=1S/C29H43NO7S/c1-16-8-7-9-29(6)24(37-29)12-22(17(2)10-19-15-38-18(3)30-19)36-25(32)13-23(31)28(4,5)27(34)21(26(16)33)11-20-14-35-20/h10,15-16,20-24,26,31,33H,7-9,11-14H2,1-6H3/t16-,20?,21+,22-,23-,24?,26+,29?/m0/s1. The Kier molecular flexibility index (Phi) is 8.84. The lowest BCUT2D eigenvalue weighted by Gasteiger charge is -2.36. The Morgan fingerprint density at radius 1 is 1.26 bits per heavy atom. The summed E-state index contributed by atoms with van der Waals surface area (Å²) < 4.78 is 17.4. The number of hydrogen-bond donors (Lipinski definition) is 2. The highest BCUT2D eigenvalue weighted by Gasteiger charge is 2.53. The number of nitrogens with zero attached hydrogens (tertiary/aromatic N) is 1. The van der Waals surface area contributed by atoms with E-state index in [1.165, 1.54) is 0 Å². The van der Waals surface area contributed by atoms with Gasteiger partial charge in [-0.3, -0.25) is 9.59 Å². The third-order valence-corrected chi connectivity index (χ3v) is 9.46. The van der Waals surface area contributed by atoms with Crippen LogP contribution in [0, 0.1) is 24.2 Å². The van der Waals surface area contributed by atoms with Gasteiger partial charge in [0.2, 0.25) is 0 Å². The van der Waals surface area contributed by atoms with Gasteiger partial charge in [0.05, 0.1) is 59.2 Å². The van der Waals surface area contributed by atoms with Crippen LogP contribution >= 0.6 is 11.3 Å². The fourth-order valence-corrected chi connectivity index (χ4v) is 6.17. The van der Waals surface area contributed by atoms with Gasteiger partial charge in [-0.05, 0) is 57.6 Å². The molecule has 4 heterocycles. The van der Waals surface area contributed by atoms with Crippen LogP contribution in [0.1, 0.15) is 83.8 Å². The highest BCUT2D eigenvalue weighted by Crippen LogP contribution is 2.45. The van der Waals surface area contributed by atoms with Gasteiger partial charge in [-0.1, -0.05) is 27.2 Å². The molecule has 3 saturated heterocycles. The summed E-state index contributed by atoms with van der Waals surface area (Å²) in [4.78, 5) is 31.3. The van der Waals surface area contributed by atoms with Crippen molar-refractivity contribution in [1.29, 1.82) is 0 Å². The van der Waals surface area contributed by atoms with Crippen molar-refractivity contribution >= 4 is 29.2 Å². The summed E-state index contributed by atoms with van der Waals surface area (Å²) in [5, 5.41) is 25.2. The number of esters is 1. The van der Waals surface area contributed by atoms with E-state index >= 15 is 0 Å². The summed E-state index contributed by atoms with van der Waals surface area (Å²) in [5.41, 5.74) is 0.113. The van der Waals surface area contributed by atoms with Crippen LogP contribution in [0.25, 0.3) is 6.08 Å². The molecule has 1 aromatic rings.